The predicted molar refractivity (Wildman–Crippen MR) is 97.6 cm³/mol. The van der Waals surface area contributed by atoms with Crippen LogP contribution in [0.5, 0.6) is 0 Å². The summed E-state index contributed by atoms with van der Waals surface area (Å²) in [6.45, 7) is 4.61. The van der Waals surface area contributed by atoms with Crippen LogP contribution in [0.4, 0.5) is 0 Å². The van der Waals surface area contributed by atoms with Crippen molar-refractivity contribution in [2.45, 2.75) is 77.4 Å². The summed E-state index contributed by atoms with van der Waals surface area (Å²) >= 11 is 0. The highest BCUT2D eigenvalue weighted by Crippen LogP contribution is 2.65. The number of aliphatic carboxylic acids is 1. The van der Waals surface area contributed by atoms with Gasteiger partial charge in [-0.25, -0.2) is 4.79 Å². The number of rotatable bonds is 3. The van der Waals surface area contributed by atoms with Crippen molar-refractivity contribution in [1.82, 2.24) is 4.90 Å². The van der Waals surface area contributed by atoms with Crippen LogP contribution in [-0.2, 0) is 14.3 Å². The number of ether oxygens (including phenoxy) is 1. The van der Waals surface area contributed by atoms with Gasteiger partial charge in [0, 0.05) is 19.5 Å². The quantitative estimate of drug-likeness (QED) is 0.835. The first-order valence-corrected chi connectivity index (χ1v) is 10.4. The average Bonchev–Trinajstić information content (AvgIpc) is 2.93. The van der Waals surface area contributed by atoms with E-state index in [1.54, 1.807) is 0 Å². The molecule has 0 spiro atoms. The van der Waals surface area contributed by atoms with Crippen LogP contribution in [0.2, 0.25) is 0 Å². The van der Waals surface area contributed by atoms with E-state index < -0.39 is 5.97 Å². The molecule has 0 bridgehead atoms. The third kappa shape index (κ3) is 2.53. The van der Waals surface area contributed by atoms with E-state index in [1.165, 1.54) is 12.8 Å². The number of likely N-dealkylation sites (tertiary alicyclic amines) is 1. The molecule has 5 unspecified atom stereocenters. The van der Waals surface area contributed by atoms with Gasteiger partial charge in [-0.3, -0.25) is 4.79 Å². The molecule has 0 aromatic carbocycles. The SMILES string of the molecule is CN1C(=O)CC[C@]2(C)C3CC[C@]4(C)C(OCC(=O)O)CCC4C3CCC12. The van der Waals surface area contributed by atoms with Crippen molar-refractivity contribution in [2.24, 2.45) is 28.6 Å². The lowest BCUT2D eigenvalue weighted by Crippen LogP contribution is -2.61. The Morgan fingerprint density at radius 3 is 2.58 bits per heavy atom. The molecule has 1 saturated heterocycles. The second-order valence-corrected chi connectivity index (χ2v) is 9.80. The molecular weight excluding hydrogens is 330 g/mol. The smallest absolute Gasteiger partial charge is 0.329 e. The molecule has 0 aromatic rings. The number of hydrogen-bond acceptors (Lipinski definition) is 3. The monoisotopic (exact) mass is 363 g/mol. The Labute approximate surface area is 156 Å². The van der Waals surface area contributed by atoms with Gasteiger partial charge in [-0.15, -0.1) is 0 Å². The Bertz CT molecular complexity index is 607. The van der Waals surface area contributed by atoms with Gasteiger partial charge in [0.15, 0.2) is 0 Å². The van der Waals surface area contributed by atoms with Gasteiger partial charge in [0.1, 0.15) is 6.61 Å². The lowest BCUT2D eigenvalue weighted by Gasteiger charge is -2.61. The van der Waals surface area contributed by atoms with Crippen molar-refractivity contribution in [3.05, 3.63) is 0 Å². The Balaban J connectivity index is 1.55. The van der Waals surface area contributed by atoms with Gasteiger partial charge in [-0.2, -0.15) is 0 Å². The highest BCUT2D eigenvalue weighted by atomic mass is 16.5. The Hall–Kier alpha value is -1.10. The zero-order valence-electron chi connectivity index (χ0n) is 16.4. The fraction of sp³-hybridized carbons (Fsp3) is 0.905. The van der Waals surface area contributed by atoms with Crippen LogP contribution in [0.3, 0.4) is 0 Å². The zero-order valence-corrected chi connectivity index (χ0v) is 16.4. The summed E-state index contributed by atoms with van der Waals surface area (Å²) in [5.41, 5.74) is 0.364. The molecule has 4 aliphatic rings. The zero-order chi connectivity index (χ0) is 18.7. The normalized spacial score (nSPS) is 47.9. The average molecular weight is 363 g/mol. The number of carbonyl (C=O) groups is 2. The van der Waals surface area contributed by atoms with Crippen LogP contribution in [0, 0.1) is 28.6 Å². The molecule has 1 amide bonds. The number of carboxylic acid groups (broad SMARTS) is 1. The number of piperidine rings is 1. The molecule has 1 heterocycles. The highest BCUT2D eigenvalue weighted by Gasteiger charge is 2.61. The van der Waals surface area contributed by atoms with Crippen LogP contribution < -0.4 is 0 Å². The molecule has 0 radical (unpaired) electrons. The molecular formula is C21H33NO4. The van der Waals surface area contributed by atoms with E-state index in [-0.39, 0.29) is 23.5 Å². The molecule has 5 heteroatoms. The maximum atomic E-state index is 12.2. The van der Waals surface area contributed by atoms with Crippen molar-refractivity contribution in [1.29, 1.82) is 0 Å². The summed E-state index contributed by atoms with van der Waals surface area (Å²) in [5, 5.41) is 8.99. The van der Waals surface area contributed by atoms with Gasteiger partial charge < -0.3 is 14.7 Å². The van der Waals surface area contributed by atoms with Crippen LogP contribution >= 0.6 is 0 Å². The first kappa shape index (κ1) is 18.3. The Kier molecular flexibility index (Phi) is 4.37. The van der Waals surface area contributed by atoms with Gasteiger partial charge in [0.25, 0.3) is 0 Å². The third-order valence-electron chi connectivity index (χ3n) is 8.88. The first-order valence-electron chi connectivity index (χ1n) is 10.4. The van der Waals surface area contributed by atoms with E-state index in [2.05, 4.69) is 13.8 Å². The summed E-state index contributed by atoms with van der Waals surface area (Å²) in [5.74, 6) is 1.48. The summed E-state index contributed by atoms with van der Waals surface area (Å²) in [6, 6.07) is 0.398. The Morgan fingerprint density at radius 2 is 1.85 bits per heavy atom. The van der Waals surface area contributed by atoms with Gasteiger partial charge in [-0.05, 0) is 73.5 Å². The molecule has 4 rings (SSSR count). The van der Waals surface area contributed by atoms with Gasteiger partial charge in [-0.1, -0.05) is 13.8 Å². The summed E-state index contributed by atoms with van der Waals surface area (Å²) < 4.78 is 5.83. The molecule has 0 aromatic heterocycles. The number of carboxylic acids is 1. The minimum Gasteiger partial charge on any atom is -0.480 e. The van der Waals surface area contributed by atoms with Crippen molar-refractivity contribution in [2.75, 3.05) is 13.7 Å². The number of nitrogens with zero attached hydrogens (tertiary/aromatic N) is 1. The third-order valence-corrected chi connectivity index (χ3v) is 8.88. The summed E-state index contributed by atoms with van der Waals surface area (Å²) in [7, 11) is 2.00. The predicted octanol–water partition coefficient (Wildman–Crippen LogP) is 3.32. The lowest BCUT2D eigenvalue weighted by atomic mass is 9.47. The number of hydrogen-bond donors (Lipinski definition) is 1. The van der Waals surface area contributed by atoms with Crippen LogP contribution in [0.1, 0.15) is 65.2 Å². The lowest BCUT2D eigenvalue weighted by molar-refractivity contribution is -0.165. The van der Waals surface area contributed by atoms with E-state index in [0.717, 1.165) is 32.1 Å². The topological polar surface area (TPSA) is 66.8 Å². The maximum absolute atomic E-state index is 12.2. The first-order chi connectivity index (χ1) is 12.3. The van der Waals surface area contributed by atoms with Gasteiger partial charge >= 0.3 is 5.97 Å². The minimum absolute atomic E-state index is 0.0886. The molecule has 7 atom stereocenters. The second-order valence-electron chi connectivity index (χ2n) is 9.80. The molecule has 5 nitrogen and oxygen atoms in total. The molecule has 146 valence electrons. The van der Waals surface area contributed by atoms with E-state index in [9.17, 15) is 9.59 Å². The van der Waals surface area contributed by atoms with Crippen LogP contribution in [0.15, 0.2) is 0 Å². The van der Waals surface area contributed by atoms with Crippen molar-refractivity contribution in [3.8, 4) is 0 Å². The highest BCUT2D eigenvalue weighted by molar-refractivity contribution is 5.77. The molecule has 1 N–H and O–H groups in total. The molecule has 26 heavy (non-hydrogen) atoms. The Morgan fingerprint density at radius 1 is 1.12 bits per heavy atom. The van der Waals surface area contributed by atoms with Crippen molar-refractivity contribution < 1.29 is 19.4 Å². The van der Waals surface area contributed by atoms with E-state index in [1.807, 2.05) is 11.9 Å². The molecule has 3 aliphatic carbocycles. The number of carbonyl (C=O) groups excluding carboxylic acids is 1. The number of amides is 1. The second kappa shape index (κ2) is 6.22. The van der Waals surface area contributed by atoms with Crippen molar-refractivity contribution in [3.63, 3.8) is 0 Å². The van der Waals surface area contributed by atoms with E-state index in [4.69, 9.17) is 9.84 Å². The van der Waals surface area contributed by atoms with E-state index in [0.29, 0.717) is 36.1 Å². The summed E-state index contributed by atoms with van der Waals surface area (Å²) in [4.78, 5) is 25.2. The van der Waals surface area contributed by atoms with E-state index >= 15 is 0 Å². The largest absolute Gasteiger partial charge is 0.480 e. The fourth-order valence-electron chi connectivity index (χ4n) is 7.55. The molecule has 3 saturated carbocycles. The summed E-state index contributed by atoms with van der Waals surface area (Å²) in [6.07, 6.45) is 8.62. The van der Waals surface area contributed by atoms with Crippen LogP contribution in [0.25, 0.3) is 0 Å². The van der Waals surface area contributed by atoms with Crippen molar-refractivity contribution >= 4 is 11.9 Å². The minimum atomic E-state index is -0.867. The van der Waals surface area contributed by atoms with Gasteiger partial charge in [0.05, 0.1) is 6.10 Å². The maximum Gasteiger partial charge on any atom is 0.329 e. The standard InChI is InChI=1S/C21H33NO4/c1-20-11-9-18(23)22(3)16(20)6-4-13-14-5-7-17(26-12-19(24)25)21(14,2)10-8-15(13)20/h13-17H,4-12H2,1-3H3,(H,24,25)/t13?,14?,15?,16?,17?,20-,21+/m1/s1. The fourth-order valence-corrected chi connectivity index (χ4v) is 7.55. The molecule has 1 aliphatic heterocycles. The number of fused-ring (bicyclic) bond motifs is 5. The molecule has 4 fully saturated rings. The van der Waals surface area contributed by atoms with Crippen LogP contribution in [-0.4, -0.2) is 47.7 Å². The van der Waals surface area contributed by atoms with Gasteiger partial charge in [0.2, 0.25) is 5.91 Å².